The Balaban J connectivity index is 1.37. The number of aromatic nitrogens is 2. The molecule has 6 heteroatoms. The average molecular weight is 458 g/mol. The minimum atomic E-state index is -0.191. The van der Waals surface area contributed by atoms with Gasteiger partial charge in [0.25, 0.3) is 0 Å². The van der Waals surface area contributed by atoms with Gasteiger partial charge in [-0.25, -0.2) is 4.98 Å². The van der Waals surface area contributed by atoms with Crippen molar-refractivity contribution in [3.8, 4) is 11.3 Å². The van der Waals surface area contributed by atoms with Gasteiger partial charge in [-0.2, -0.15) is 0 Å². The predicted octanol–water partition coefficient (Wildman–Crippen LogP) is 5.09. The summed E-state index contributed by atoms with van der Waals surface area (Å²) in [4.78, 5) is 13.0. The maximum absolute atomic E-state index is 4.59. The van der Waals surface area contributed by atoms with Crippen LogP contribution in [0.25, 0.3) is 22.3 Å². The van der Waals surface area contributed by atoms with Crippen LogP contribution in [-0.4, -0.2) is 66.3 Å². The van der Waals surface area contributed by atoms with Gasteiger partial charge in [0.1, 0.15) is 5.65 Å². The van der Waals surface area contributed by atoms with Crippen molar-refractivity contribution in [2.45, 2.75) is 6.54 Å². The van der Waals surface area contributed by atoms with Crippen LogP contribution in [0.1, 0.15) is 5.56 Å². The van der Waals surface area contributed by atoms with Gasteiger partial charge in [0.15, 0.2) is 0 Å². The minimum absolute atomic E-state index is 0.191. The van der Waals surface area contributed by atoms with Crippen molar-refractivity contribution >= 4 is 35.6 Å². The van der Waals surface area contributed by atoms with E-state index < -0.39 is 0 Å². The first-order valence-electron chi connectivity index (χ1n) is 11.6. The molecular weight excluding hydrogens is 425 g/mol. The molecule has 3 heterocycles. The quantitative estimate of drug-likeness (QED) is 0.396. The van der Waals surface area contributed by atoms with E-state index in [9.17, 15) is 0 Å². The number of hydrogen-bond donors (Lipinski definition) is 2. The van der Waals surface area contributed by atoms with E-state index >= 15 is 0 Å². The third-order valence-corrected chi connectivity index (χ3v) is 7.81. The molecule has 0 bridgehead atoms. The molecule has 1 aliphatic heterocycles. The maximum Gasteiger partial charge on any atom is 0.139 e. The monoisotopic (exact) mass is 457 g/mol. The first kappa shape index (κ1) is 22.1. The zero-order valence-corrected chi connectivity index (χ0v) is 20.6. The van der Waals surface area contributed by atoms with E-state index in [4.69, 9.17) is 0 Å². The minimum Gasteiger partial charge on any atom is -0.354 e. The molecule has 2 N–H and O–H groups in total. The molecule has 1 saturated heterocycles. The molecular formula is C27H32N5P. The standard InChI is InChI=1S/C27H32N5P/c1-31-14-16-32(17-15-31)19-20-8-10-21(11-9-20)25-18-22-23(12-13-28-27(22)30-25)29-24-6-4-5-7-26(24)33(2)3/h4-13,18H,14-17,19H2,1-3H3,(H2,28,29,30). The molecule has 2 aromatic heterocycles. The fourth-order valence-corrected chi connectivity index (χ4v) is 5.46. The molecule has 0 spiro atoms. The molecule has 5 nitrogen and oxygen atoms in total. The number of anilines is 2. The smallest absolute Gasteiger partial charge is 0.139 e. The highest BCUT2D eigenvalue weighted by atomic mass is 31.1. The van der Waals surface area contributed by atoms with Gasteiger partial charge < -0.3 is 15.2 Å². The lowest BCUT2D eigenvalue weighted by atomic mass is 10.1. The van der Waals surface area contributed by atoms with E-state index in [0.29, 0.717) is 0 Å². The number of benzene rings is 2. The third kappa shape index (κ3) is 4.96. The Morgan fingerprint density at radius 2 is 1.70 bits per heavy atom. The number of nitrogens with one attached hydrogen (secondary N) is 2. The van der Waals surface area contributed by atoms with Gasteiger partial charge in [-0.3, -0.25) is 4.90 Å². The number of nitrogens with zero attached hydrogens (tertiary/aromatic N) is 3. The van der Waals surface area contributed by atoms with Crippen LogP contribution in [0.15, 0.2) is 66.9 Å². The number of hydrogen-bond acceptors (Lipinski definition) is 4. The highest BCUT2D eigenvalue weighted by Gasteiger charge is 2.14. The Bertz CT molecular complexity index is 1220. The number of para-hydroxylation sites is 1. The van der Waals surface area contributed by atoms with Gasteiger partial charge in [-0.15, -0.1) is 0 Å². The molecule has 5 rings (SSSR count). The number of aromatic amines is 1. The molecule has 4 aromatic rings. The molecule has 1 fully saturated rings. The lowest BCUT2D eigenvalue weighted by Gasteiger charge is -2.32. The lowest BCUT2D eigenvalue weighted by Crippen LogP contribution is -2.43. The molecule has 170 valence electrons. The van der Waals surface area contributed by atoms with Gasteiger partial charge >= 0.3 is 0 Å². The van der Waals surface area contributed by atoms with Crippen molar-refractivity contribution < 1.29 is 0 Å². The largest absolute Gasteiger partial charge is 0.354 e. The number of fused-ring (bicyclic) bond motifs is 1. The summed E-state index contributed by atoms with van der Waals surface area (Å²) < 4.78 is 0. The molecule has 33 heavy (non-hydrogen) atoms. The first-order chi connectivity index (χ1) is 16.1. The van der Waals surface area contributed by atoms with Crippen LogP contribution in [0, 0.1) is 0 Å². The van der Waals surface area contributed by atoms with Gasteiger partial charge in [-0.1, -0.05) is 50.4 Å². The Hall–Kier alpha value is -2.72. The summed E-state index contributed by atoms with van der Waals surface area (Å²) >= 11 is 0. The maximum atomic E-state index is 4.59. The molecule has 0 saturated carbocycles. The van der Waals surface area contributed by atoms with Crippen LogP contribution >= 0.6 is 7.92 Å². The zero-order valence-electron chi connectivity index (χ0n) is 19.7. The fraction of sp³-hybridized carbons (Fsp3) is 0.296. The van der Waals surface area contributed by atoms with E-state index in [2.05, 4.69) is 106 Å². The van der Waals surface area contributed by atoms with E-state index in [1.807, 2.05) is 6.20 Å². The van der Waals surface area contributed by atoms with Gasteiger partial charge in [0.2, 0.25) is 0 Å². The second kappa shape index (κ2) is 9.64. The van der Waals surface area contributed by atoms with Crippen molar-refractivity contribution in [3.63, 3.8) is 0 Å². The van der Waals surface area contributed by atoms with E-state index in [0.717, 1.165) is 55.1 Å². The van der Waals surface area contributed by atoms with Crippen molar-refractivity contribution in [3.05, 3.63) is 72.4 Å². The molecule has 0 radical (unpaired) electrons. The molecule has 0 unspecified atom stereocenters. The van der Waals surface area contributed by atoms with Crippen LogP contribution in [-0.2, 0) is 6.54 Å². The Kier molecular flexibility index (Phi) is 6.45. The Morgan fingerprint density at radius 3 is 2.45 bits per heavy atom. The van der Waals surface area contributed by atoms with Crippen LogP contribution in [0.3, 0.4) is 0 Å². The van der Waals surface area contributed by atoms with Crippen molar-refractivity contribution in [1.82, 2.24) is 19.8 Å². The number of rotatable bonds is 6. The highest BCUT2D eigenvalue weighted by Crippen LogP contribution is 2.33. The second-order valence-electron chi connectivity index (χ2n) is 9.12. The number of H-pyrrole nitrogens is 1. The van der Waals surface area contributed by atoms with Crippen LogP contribution in [0.5, 0.6) is 0 Å². The van der Waals surface area contributed by atoms with E-state index in [1.54, 1.807) is 0 Å². The van der Waals surface area contributed by atoms with Gasteiger partial charge in [0, 0.05) is 55.7 Å². The van der Waals surface area contributed by atoms with Crippen LogP contribution in [0.4, 0.5) is 11.4 Å². The topological polar surface area (TPSA) is 47.2 Å². The summed E-state index contributed by atoms with van der Waals surface area (Å²) in [5.41, 5.74) is 6.82. The Labute approximate surface area is 197 Å². The first-order valence-corrected chi connectivity index (χ1v) is 13.8. The van der Waals surface area contributed by atoms with E-state index in [-0.39, 0.29) is 7.92 Å². The molecule has 1 aliphatic rings. The number of piperazine rings is 1. The zero-order chi connectivity index (χ0) is 22.8. The lowest BCUT2D eigenvalue weighted by molar-refractivity contribution is 0.148. The SMILES string of the molecule is CN1CCN(Cc2ccc(-c3cc4c(Nc5ccccc5P(C)C)ccnc4[nH]3)cc2)CC1. The third-order valence-electron chi connectivity index (χ3n) is 6.45. The summed E-state index contributed by atoms with van der Waals surface area (Å²) in [7, 11) is 2.01. The summed E-state index contributed by atoms with van der Waals surface area (Å²) in [6.07, 6.45) is 1.87. The molecule has 2 aromatic carbocycles. The molecule has 0 amide bonds. The van der Waals surface area contributed by atoms with Crippen LogP contribution in [0.2, 0.25) is 0 Å². The van der Waals surface area contributed by atoms with Crippen molar-refractivity contribution in [2.75, 3.05) is 51.9 Å². The molecule has 0 aliphatic carbocycles. The second-order valence-corrected chi connectivity index (χ2v) is 11.4. The average Bonchev–Trinajstić information content (AvgIpc) is 3.27. The molecule has 0 atom stereocenters. The Morgan fingerprint density at radius 1 is 0.939 bits per heavy atom. The van der Waals surface area contributed by atoms with E-state index in [1.165, 1.54) is 22.1 Å². The van der Waals surface area contributed by atoms with Crippen molar-refractivity contribution in [2.24, 2.45) is 0 Å². The fourth-order valence-electron chi connectivity index (χ4n) is 4.46. The summed E-state index contributed by atoms with van der Waals surface area (Å²) in [6.45, 7) is 10.2. The summed E-state index contributed by atoms with van der Waals surface area (Å²) in [5.74, 6) is 0. The van der Waals surface area contributed by atoms with Gasteiger partial charge in [-0.05, 0) is 55.0 Å². The van der Waals surface area contributed by atoms with Gasteiger partial charge in [0.05, 0.1) is 5.69 Å². The summed E-state index contributed by atoms with van der Waals surface area (Å²) in [5, 5.41) is 6.16. The highest BCUT2D eigenvalue weighted by molar-refractivity contribution is 7.64. The number of pyridine rings is 1. The van der Waals surface area contributed by atoms with Crippen molar-refractivity contribution in [1.29, 1.82) is 0 Å². The van der Waals surface area contributed by atoms with Crippen LogP contribution < -0.4 is 10.6 Å². The number of likely N-dealkylation sites (N-methyl/N-ethyl adjacent to an activating group) is 1. The summed E-state index contributed by atoms with van der Waals surface area (Å²) in [6, 6.07) is 21.8. The predicted molar refractivity (Wildman–Crippen MR) is 142 cm³/mol. The normalized spacial score (nSPS) is 15.4.